The molecule has 12 nitrogen and oxygen atoms in total. The molecule has 1 aliphatic rings. The second-order valence-electron chi connectivity index (χ2n) is 7.48. The number of ether oxygens (including phenoxy) is 4. The van der Waals surface area contributed by atoms with Gasteiger partial charge >= 0.3 is 35.9 Å². The summed E-state index contributed by atoms with van der Waals surface area (Å²) in [5.74, 6) is -3.35. The van der Waals surface area contributed by atoms with Crippen molar-refractivity contribution < 1.29 is 47.7 Å². The van der Waals surface area contributed by atoms with Crippen molar-refractivity contribution in [3.8, 4) is 0 Å². The number of amides is 4. The average Bonchev–Trinajstić information content (AvgIpc) is 2.82. The summed E-state index contributed by atoms with van der Waals surface area (Å²) in [6, 6.07) is -1.83. The quantitative estimate of drug-likeness (QED) is 0.203. The van der Waals surface area contributed by atoms with Crippen molar-refractivity contribution >= 4 is 35.9 Å². The summed E-state index contributed by atoms with van der Waals surface area (Å²) in [6.07, 6.45) is 3.50. The van der Waals surface area contributed by atoms with Gasteiger partial charge in [0.2, 0.25) is 0 Å². The molecule has 12 heteroatoms. The van der Waals surface area contributed by atoms with Gasteiger partial charge in [-0.3, -0.25) is 0 Å². The van der Waals surface area contributed by atoms with Gasteiger partial charge in [0.15, 0.2) is 0 Å². The normalized spacial score (nSPS) is 13.2. The largest absolute Gasteiger partial charge is 0.460 e. The van der Waals surface area contributed by atoms with Crippen molar-refractivity contribution in [2.45, 2.75) is 24.9 Å². The van der Waals surface area contributed by atoms with Crippen molar-refractivity contribution in [2.75, 3.05) is 26.4 Å². The number of hydrogen-bond donors (Lipinski definition) is 0. The molecule has 0 unspecified atom stereocenters. The molecule has 34 heavy (non-hydrogen) atoms. The molecule has 0 N–H and O–H groups in total. The van der Waals surface area contributed by atoms with Crippen LogP contribution in [0.4, 0.5) is 9.59 Å². The average molecular weight is 478 g/mol. The lowest BCUT2D eigenvalue weighted by atomic mass is 9.96. The van der Waals surface area contributed by atoms with Crippen LogP contribution in [0.3, 0.4) is 0 Å². The SMILES string of the molecule is C=CC(=O)OCC(C)(COC(=O)C=C)N1C(=O)N(C(C)(COC(=O)C=C)COC(=O)C=C)C1=O. The number of esters is 4. The smallest absolute Gasteiger partial charge is 0.337 e. The zero-order valence-electron chi connectivity index (χ0n) is 18.9. The fraction of sp³-hybridized carbons (Fsp3) is 0.364. The van der Waals surface area contributed by atoms with Gasteiger partial charge in [-0.1, -0.05) is 26.3 Å². The summed E-state index contributed by atoms with van der Waals surface area (Å²) in [5.41, 5.74) is -3.23. The molecule has 0 saturated carbocycles. The van der Waals surface area contributed by atoms with Gasteiger partial charge < -0.3 is 18.9 Å². The second-order valence-corrected chi connectivity index (χ2v) is 7.48. The first kappa shape index (κ1) is 27.8. The van der Waals surface area contributed by atoms with Crippen LogP contribution in [-0.4, -0.2) is 83.2 Å². The van der Waals surface area contributed by atoms with E-state index in [0.29, 0.717) is 9.80 Å². The van der Waals surface area contributed by atoms with Crippen LogP contribution in [0, 0.1) is 0 Å². The van der Waals surface area contributed by atoms with E-state index in [-0.39, 0.29) is 0 Å². The summed E-state index contributed by atoms with van der Waals surface area (Å²) >= 11 is 0. The molecule has 0 bridgehead atoms. The minimum atomic E-state index is -1.61. The molecule has 1 fully saturated rings. The van der Waals surface area contributed by atoms with Gasteiger partial charge in [-0.05, 0) is 13.8 Å². The maximum Gasteiger partial charge on any atom is 0.337 e. The highest BCUT2D eigenvalue weighted by Crippen LogP contribution is 2.34. The van der Waals surface area contributed by atoms with E-state index in [1.807, 2.05) is 0 Å². The molecule has 0 radical (unpaired) electrons. The van der Waals surface area contributed by atoms with Gasteiger partial charge in [0.05, 0.1) is 0 Å². The number of rotatable bonds is 14. The number of urea groups is 2. The molecule has 0 aromatic rings. The van der Waals surface area contributed by atoms with E-state index >= 15 is 0 Å². The third-order valence-electron chi connectivity index (χ3n) is 4.61. The topological polar surface area (TPSA) is 146 Å². The Morgan fingerprint density at radius 1 is 0.618 bits per heavy atom. The van der Waals surface area contributed by atoms with Crippen molar-refractivity contribution in [2.24, 2.45) is 0 Å². The summed E-state index contributed by atoms with van der Waals surface area (Å²) < 4.78 is 19.9. The van der Waals surface area contributed by atoms with E-state index in [4.69, 9.17) is 18.9 Å². The van der Waals surface area contributed by atoms with Crippen LogP contribution in [0.5, 0.6) is 0 Å². The van der Waals surface area contributed by atoms with Crippen molar-refractivity contribution in [3.05, 3.63) is 50.6 Å². The Labute approximate surface area is 196 Å². The molecule has 0 spiro atoms. The summed E-state index contributed by atoms with van der Waals surface area (Å²) in [5, 5.41) is 0. The first-order chi connectivity index (χ1) is 15.9. The van der Waals surface area contributed by atoms with Gasteiger partial charge in [0, 0.05) is 24.3 Å². The van der Waals surface area contributed by atoms with E-state index in [1.165, 1.54) is 13.8 Å². The van der Waals surface area contributed by atoms with Crippen LogP contribution in [0.15, 0.2) is 50.6 Å². The third kappa shape index (κ3) is 6.40. The van der Waals surface area contributed by atoms with Crippen LogP contribution in [0.1, 0.15) is 13.8 Å². The zero-order valence-corrected chi connectivity index (χ0v) is 18.9. The standard InChI is InChI=1S/C22H26N2O10/c1-7-15(25)31-11-21(5,12-32-16(26)8-2)23-19(29)24(20(23)30)22(6,13-33-17(27)9-3)14-34-18(28)10-4/h7-10H,1-4,11-14H2,5-6H3. The molecule has 184 valence electrons. The Bertz CT molecular complexity index is 789. The van der Waals surface area contributed by atoms with Crippen LogP contribution in [-0.2, 0) is 38.1 Å². The molecule has 1 heterocycles. The van der Waals surface area contributed by atoms with Gasteiger partial charge in [-0.25, -0.2) is 38.6 Å². The predicted molar refractivity (Wildman–Crippen MR) is 116 cm³/mol. The molecule has 0 aromatic carbocycles. The summed E-state index contributed by atoms with van der Waals surface area (Å²) in [4.78, 5) is 73.8. The summed E-state index contributed by atoms with van der Waals surface area (Å²) in [6.45, 7) is 13.6. The van der Waals surface area contributed by atoms with Crippen LogP contribution in [0.2, 0.25) is 0 Å². The predicted octanol–water partition coefficient (Wildman–Crippen LogP) is 1.28. The first-order valence-electron chi connectivity index (χ1n) is 9.74. The highest BCUT2D eigenvalue weighted by atomic mass is 16.6. The van der Waals surface area contributed by atoms with Crippen molar-refractivity contribution in [1.29, 1.82) is 0 Å². The maximum absolute atomic E-state index is 13.1. The fourth-order valence-corrected chi connectivity index (χ4v) is 2.73. The highest BCUT2D eigenvalue weighted by Gasteiger charge is 2.60. The van der Waals surface area contributed by atoms with Gasteiger partial charge in [-0.15, -0.1) is 0 Å². The van der Waals surface area contributed by atoms with Gasteiger partial charge in [-0.2, -0.15) is 0 Å². The Morgan fingerprint density at radius 3 is 1.00 bits per heavy atom. The lowest BCUT2D eigenvalue weighted by Crippen LogP contribution is -2.78. The van der Waals surface area contributed by atoms with Crippen LogP contribution >= 0.6 is 0 Å². The Hall–Kier alpha value is -4.22. The number of carbonyl (C=O) groups excluding carboxylic acids is 6. The number of imide groups is 2. The van der Waals surface area contributed by atoms with Crippen molar-refractivity contribution in [3.63, 3.8) is 0 Å². The molecule has 0 atom stereocenters. The van der Waals surface area contributed by atoms with E-state index in [1.54, 1.807) is 0 Å². The van der Waals surface area contributed by atoms with Crippen molar-refractivity contribution in [1.82, 2.24) is 9.80 Å². The molecule has 0 aromatic heterocycles. The Kier molecular flexibility index (Phi) is 9.48. The minimum absolute atomic E-state index is 0.527. The number of carbonyl (C=O) groups is 6. The fourth-order valence-electron chi connectivity index (χ4n) is 2.73. The Balaban J connectivity index is 3.22. The van der Waals surface area contributed by atoms with E-state index in [0.717, 1.165) is 24.3 Å². The third-order valence-corrected chi connectivity index (χ3v) is 4.61. The first-order valence-corrected chi connectivity index (χ1v) is 9.74. The molecular formula is C22H26N2O10. The van der Waals surface area contributed by atoms with E-state index in [2.05, 4.69) is 26.3 Å². The zero-order chi connectivity index (χ0) is 26.1. The van der Waals surface area contributed by atoms with Gasteiger partial charge in [0.1, 0.15) is 37.5 Å². The molecule has 1 aliphatic heterocycles. The van der Waals surface area contributed by atoms with Crippen LogP contribution < -0.4 is 0 Å². The molecule has 1 saturated heterocycles. The molecular weight excluding hydrogens is 452 g/mol. The number of hydrogen-bond acceptors (Lipinski definition) is 10. The van der Waals surface area contributed by atoms with E-state index in [9.17, 15) is 28.8 Å². The van der Waals surface area contributed by atoms with E-state index < -0.39 is 73.4 Å². The van der Waals surface area contributed by atoms with Gasteiger partial charge in [0.25, 0.3) is 0 Å². The van der Waals surface area contributed by atoms with Crippen LogP contribution in [0.25, 0.3) is 0 Å². The lowest BCUT2D eigenvalue weighted by Gasteiger charge is -2.53. The highest BCUT2D eigenvalue weighted by molar-refractivity contribution is 6.13. The molecule has 1 rings (SSSR count). The molecule has 0 aliphatic carbocycles. The maximum atomic E-state index is 13.1. The number of nitrogens with zero attached hydrogens (tertiary/aromatic N) is 2. The second kappa shape index (κ2) is 11.6. The molecule has 4 amide bonds. The monoisotopic (exact) mass is 478 g/mol. The Morgan fingerprint density at radius 2 is 0.824 bits per heavy atom. The summed E-state index contributed by atoms with van der Waals surface area (Å²) in [7, 11) is 0. The lowest BCUT2D eigenvalue weighted by molar-refractivity contribution is -0.151. The minimum Gasteiger partial charge on any atom is -0.460 e.